The van der Waals surface area contributed by atoms with Crippen molar-refractivity contribution >= 4 is 61.1 Å². The minimum Gasteiger partial charge on any atom is -0.372 e. The normalized spacial score (nSPS) is 20.9. The lowest BCUT2D eigenvalue weighted by Crippen LogP contribution is -2.61. The molecule has 0 unspecified atom stereocenters. The monoisotopic (exact) mass is 591 g/mol. The molecular formula is C26H34ClN7O5S. The van der Waals surface area contributed by atoms with Crippen molar-refractivity contribution in [3.63, 3.8) is 0 Å². The van der Waals surface area contributed by atoms with Gasteiger partial charge in [-0.3, -0.25) is 19.5 Å². The Hall–Kier alpha value is -2.81. The zero-order valence-electron chi connectivity index (χ0n) is 23.0. The van der Waals surface area contributed by atoms with E-state index in [9.17, 15) is 18.0 Å². The number of hydrogen-bond acceptors (Lipinski definition) is 7. The zero-order chi connectivity index (χ0) is 28.8. The van der Waals surface area contributed by atoms with E-state index in [0.717, 1.165) is 21.8 Å². The van der Waals surface area contributed by atoms with Gasteiger partial charge >= 0.3 is 0 Å². The first-order chi connectivity index (χ1) is 18.9. The van der Waals surface area contributed by atoms with Crippen LogP contribution in [-0.2, 0) is 24.5 Å². The molecular weight excluding hydrogens is 558 g/mol. The maximum atomic E-state index is 13.6. The van der Waals surface area contributed by atoms with Gasteiger partial charge in [-0.15, -0.1) is 0 Å². The highest BCUT2D eigenvalue weighted by Crippen LogP contribution is 2.33. The smallest absolute Gasteiger partial charge is 0.281 e. The van der Waals surface area contributed by atoms with Gasteiger partial charge in [-0.2, -0.15) is 17.0 Å². The predicted octanol–water partition coefficient (Wildman–Crippen LogP) is 1.74. The first-order valence-corrected chi connectivity index (χ1v) is 14.8. The van der Waals surface area contributed by atoms with Gasteiger partial charge in [0.15, 0.2) is 0 Å². The van der Waals surface area contributed by atoms with E-state index >= 15 is 0 Å². The van der Waals surface area contributed by atoms with Gasteiger partial charge in [-0.1, -0.05) is 11.6 Å². The number of anilines is 1. The van der Waals surface area contributed by atoms with Gasteiger partial charge < -0.3 is 19.9 Å². The largest absolute Gasteiger partial charge is 0.372 e. The molecule has 0 radical (unpaired) electrons. The number of piperazine rings is 1. The average molecular weight is 592 g/mol. The van der Waals surface area contributed by atoms with Gasteiger partial charge in [0.2, 0.25) is 11.8 Å². The number of aromatic amines is 1. The fourth-order valence-electron chi connectivity index (χ4n) is 5.27. The molecule has 14 heteroatoms. The van der Waals surface area contributed by atoms with E-state index in [0.29, 0.717) is 17.3 Å². The summed E-state index contributed by atoms with van der Waals surface area (Å²) < 4.78 is 33.4. The molecule has 3 aromatic rings. The summed E-state index contributed by atoms with van der Waals surface area (Å²) in [6, 6.07) is 4.70. The van der Waals surface area contributed by atoms with Crippen molar-refractivity contribution < 1.29 is 22.7 Å². The van der Waals surface area contributed by atoms with Crippen molar-refractivity contribution in [2.45, 2.75) is 25.5 Å². The summed E-state index contributed by atoms with van der Waals surface area (Å²) >= 11 is 6.42. The maximum Gasteiger partial charge on any atom is 0.281 e. The molecule has 2 fully saturated rings. The fraction of sp³-hybridized carbons (Fsp3) is 0.500. The molecule has 0 spiro atoms. The number of morpholine rings is 1. The van der Waals surface area contributed by atoms with Gasteiger partial charge in [0.05, 0.1) is 41.7 Å². The van der Waals surface area contributed by atoms with E-state index < -0.39 is 21.9 Å². The summed E-state index contributed by atoms with van der Waals surface area (Å²) in [5.41, 5.74) is 1.52. The van der Waals surface area contributed by atoms with E-state index in [4.69, 9.17) is 16.3 Å². The highest BCUT2D eigenvalue weighted by molar-refractivity contribution is 7.86. The van der Waals surface area contributed by atoms with Gasteiger partial charge in [0, 0.05) is 68.8 Å². The number of benzene rings is 1. The molecule has 2 saturated heterocycles. The Labute approximate surface area is 238 Å². The van der Waals surface area contributed by atoms with E-state index in [1.54, 1.807) is 23.4 Å². The van der Waals surface area contributed by atoms with Crippen molar-refractivity contribution in [2.24, 2.45) is 0 Å². The highest BCUT2D eigenvalue weighted by atomic mass is 35.5. The number of ether oxygens (including phenoxy) is 1. The van der Waals surface area contributed by atoms with E-state index in [-0.39, 0.29) is 51.1 Å². The number of rotatable bonds is 6. The van der Waals surface area contributed by atoms with Crippen LogP contribution >= 0.6 is 11.6 Å². The molecule has 2 aliphatic heterocycles. The molecule has 1 atom stereocenters. The summed E-state index contributed by atoms with van der Waals surface area (Å²) in [4.78, 5) is 37.9. The van der Waals surface area contributed by atoms with Crippen LogP contribution in [0.4, 0.5) is 5.69 Å². The van der Waals surface area contributed by atoms with Crippen molar-refractivity contribution in [1.29, 1.82) is 0 Å². The Morgan fingerprint density at radius 3 is 2.62 bits per heavy atom. The van der Waals surface area contributed by atoms with Crippen LogP contribution in [0.15, 0.2) is 30.6 Å². The molecule has 40 heavy (non-hydrogen) atoms. The summed E-state index contributed by atoms with van der Waals surface area (Å²) in [6.07, 6.45) is 3.42. The number of nitrogens with zero attached hydrogens (tertiary/aromatic N) is 5. The summed E-state index contributed by atoms with van der Waals surface area (Å²) in [6.45, 7) is 5.33. The van der Waals surface area contributed by atoms with Crippen LogP contribution in [0.2, 0.25) is 5.02 Å². The molecule has 2 aromatic heterocycles. The van der Waals surface area contributed by atoms with Crippen molar-refractivity contribution in [1.82, 2.24) is 28.4 Å². The van der Waals surface area contributed by atoms with Gasteiger partial charge in [0.1, 0.15) is 6.04 Å². The van der Waals surface area contributed by atoms with Crippen molar-refractivity contribution in [3.8, 4) is 0 Å². The molecule has 0 saturated carbocycles. The predicted molar refractivity (Wildman–Crippen MR) is 153 cm³/mol. The van der Waals surface area contributed by atoms with Crippen LogP contribution < -0.4 is 5.32 Å². The molecule has 2 amide bonds. The van der Waals surface area contributed by atoms with E-state index in [2.05, 4.69) is 15.3 Å². The molecule has 12 nitrogen and oxygen atoms in total. The zero-order valence-corrected chi connectivity index (χ0v) is 24.5. The Balaban J connectivity index is 1.32. The second kappa shape index (κ2) is 10.9. The number of fused-ring (bicyclic) bond motifs is 3. The lowest BCUT2D eigenvalue weighted by atomic mass is 10.0. The van der Waals surface area contributed by atoms with Crippen molar-refractivity contribution in [3.05, 3.63) is 35.6 Å². The molecule has 5 rings (SSSR count). The number of aromatic nitrogens is 2. The number of halogens is 1. The second-order valence-corrected chi connectivity index (χ2v) is 13.6. The molecule has 0 bridgehead atoms. The molecule has 2 aliphatic rings. The van der Waals surface area contributed by atoms with Gasteiger partial charge in [-0.25, -0.2) is 0 Å². The standard InChI is InChI=1S/C26H34ClN7O5S/c1-26(2)16-33(14-23(35)32-7-9-34(10-8-32)40(37,38)31(3)4)22(15-39-26)25(36)30-20-12-17(27)11-19-18-5-6-28-13-21(18)29-24(19)20/h5-6,11-13,22,29H,7-10,14-16H2,1-4H3,(H,30,36)/t22-/m0/s1. The third-order valence-corrected chi connectivity index (χ3v) is 9.57. The number of nitrogens with one attached hydrogen (secondary N) is 2. The molecule has 216 valence electrons. The third-order valence-electron chi connectivity index (χ3n) is 7.41. The number of H-pyrrole nitrogens is 1. The first-order valence-electron chi connectivity index (χ1n) is 13.0. The van der Waals surface area contributed by atoms with E-state index in [1.807, 2.05) is 30.9 Å². The minimum atomic E-state index is -3.54. The highest BCUT2D eigenvalue weighted by Gasteiger charge is 2.40. The lowest BCUT2D eigenvalue weighted by molar-refractivity contribution is -0.150. The molecule has 2 N–H and O–H groups in total. The quantitative estimate of drug-likeness (QED) is 0.446. The van der Waals surface area contributed by atoms with Gasteiger partial charge in [-0.05, 0) is 32.0 Å². The van der Waals surface area contributed by atoms with Crippen LogP contribution in [0.25, 0.3) is 21.8 Å². The first kappa shape index (κ1) is 28.7. The number of carbonyl (C=O) groups is 2. The molecule has 4 heterocycles. The van der Waals surface area contributed by atoms with Crippen LogP contribution in [0.1, 0.15) is 13.8 Å². The summed E-state index contributed by atoms with van der Waals surface area (Å²) in [5, 5.41) is 5.28. The fourth-order valence-corrected chi connectivity index (χ4v) is 6.57. The summed E-state index contributed by atoms with van der Waals surface area (Å²) in [7, 11) is -0.559. The Morgan fingerprint density at radius 1 is 1.20 bits per heavy atom. The lowest BCUT2D eigenvalue weighted by Gasteiger charge is -2.43. The minimum absolute atomic E-state index is 0.00825. The number of hydrogen-bond donors (Lipinski definition) is 2. The SMILES string of the molecule is CN(C)S(=O)(=O)N1CCN(C(=O)CN2CC(C)(C)OC[C@H]2C(=O)Nc2cc(Cl)cc3c2[nH]c2cnccc23)CC1. The number of pyridine rings is 1. The third kappa shape index (κ3) is 5.67. The van der Waals surface area contributed by atoms with Crippen LogP contribution in [0.5, 0.6) is 0 Å². The summed E-state index contributed by atoms with van der Waals surface area (Å²) in [5.74, 6) is -0.476. The Morgan fingerprint density at radius 2 is 1.93 bits per heavy atom. The van der Waals surface area contributed by atoms with Gasteiger partial charge in [0.25, 0.3) is 10.2 Å². The maximum absolute atomic E-state index is 13.6. The van der Waals surface area contributed by atoms with Crippen LogP contribution in [0, 0.1) is 0 Å². The average Bonchev–Trinajstić information content (AvgIpc) is 3.27. The van der Waals surface area contributed by atoms with Crippen LogP contribution in [-0.4, -0.2) is 120 Å². The second-order valence-electron chi connectivity index (χ2n) is 11.0. The molecule has 0 aliphatic carbocycles. The Bertz CT molecular complexity index is 1550. The Kier molecular flexibility index (Phi) is 7.81. The number of carbonyl (C=O) groups excluding carboxylic acids is 2. The topological polar surface area (TPSA) is 131 Å². The van der Waals surface area contributed by atoms with E-state index in [1.165, 1.54) is 22.7 Å². The van der Waals surface area contributed by atoms with Crippen LogP contribution in [0.3, 0.4) is 0 Å². The number of amides is 2. The van der Waals surface area contributed by atoms with Crippen molar-refractivity contribution in [2.75, 3.05) is 65.3 Å². The molecule has 1 aromatic carbocycles.